The number of nitrogens with one attached hydrogen (secondary N) is 2. The summed E-state index contributed by atoms with van der Waals surface area (Å²) in [6.07, 6.45) is 2.32. The molecule has 2 heterocycles. The number of hydrogen-bond acceptors (Lipinski definition) is 4. The van der Waals surface area contributed by atoms with Gasteiger partial charge in [-0.2, -0.15) is 0 Å². The summed E-state index contributed by atoms with van der Waals surface area (Å²) in [6.45, 7) is 3.49. The second-order valence-corrected chi connectivity index (χ2v) is 6.16. The van der Waals surface area contributed by atoms with Gasteiger partial charge >= 0.3 is 0 Å². The normalized spacial score (nSPS) is 16.6. The molecule has 0 spiro atoms. The minimum absolute atomic E-state index is 0.113. The molecule has 1 amide bonds. The topological polar surface area (TPSA) is 80.4 Å². The molecule has 2 aromatic rings. The number of ether oxygens (including phenoxy) is 2. The molecule has 1 aromatic carbocycles. The Hall–Kier alpha value is -2.60. The molecule has 6 heteroatoms. The Morgan fingerprint density at radius 3 is 2.76 bits per heavy atom. The fourth-order valence-corrected chi connectivity index (χ4v) is 2.70. The van der Waals surface area contributed by atoms with Crippen LogP contribution in [0.3, 0.4) is 0 Å². The lowest BCUT2D eigenvalue weighted by Gasteiger charge is -2.12. The van der Waals surface area contributed by atoms with E-state index in [1.807, 2.05) is 24.3 Å². The lowest BCUT2D eigenvalue weighted by atomic mass is 10.2. The molecule has 1 saturated heterocycles. The van der Waals surface area contributed by atoms with Gasteiger partial charge in [0, 0.05) is 18.8 Å². The van der Waals surface area contributed by atoms with E-state index < -0.39 is 0 Å². The van der Waals surface area contributed by atoms with E-state index >= 15 is 0 Å². The highest BCUT2D eigenvalue weighted by molar-refractivity contribution is 5.93. The van der Waals surface area contributed by atoms with Gasteiger partial charge in [0.15, 0.2) is 0 Å². The second kappa shape index (κ2) is 7.98. The summed E-state index contributed by atoms with van der Waals surface area (Å²) in [5.41, 5.74) is 1.39. The quantitative estimate of drug-likeness (QED) is 0.843. The van der Waals surface area contributed by atoms with Crippen LogP contribution >= 0.6 is 0 Å². The van der Waals surface area contributed by atoms with Gasteiger partial charge < -0.3 is 19.8 Å². The van der Waals surface area contributed by atoms with Crippen LogP contribution in [0, 0.1) is 6.92 Å². The molecule has 2 N–H and O–H groups in total. The predicted octanol–water partition coefficient (Wildman–Crippen LogP) is 2.17. The molecule has 0 saturated carbocycles. The summed E-state index contributed by atoms with van der Waals surface area (Å²) in [4.78, 5) is 26.5. The molecule has 1 fully saturated rings. The van der Waals surface area contributed by atoms with Crippen molar-refractivity contribution in [3.05, 3.63) is 63.6 Å². The van der Waals surface area contributed by atoms with E-state index in [9.17, 15) is 9.59 Å². The van der Waals surface area contributed by atoms with E-state index in [1.165, 1.54) is 6.07 Å². The van der Waals surface area contributed by atoms with Crippen molar-refractivity contribution in [2.75, 3.05) is 13.2 Å². The van der Waals surface area contributed by atoms with Gasteiger partial charge in [-0.3, -0.25) is 9.59 Å². The summed E-state index contributed by atoms with van der Waals surface area (Å²) in [7, 11) is 0. The Balaban J connectivity index is 1.51. The molecular weight excluding hydrogens is 320 g/mol. The number of rotatable bonds is 6. The highest BCUT2D eigenvalue weighted by Gasteiger charge is 2.16. The van der Waals surface area contributed by atoms with Crippen LogP contribution in [0.4, 0.5) is 0 Å². The molecule has 0 unspecified atom stereocenters. The molecule has 6 nitrogen and oxygen atoms in total. The minimum atomic E-state index is -0.389. The summed E-state index contributed by atoms with van der Waals surface area (Å²) >= 11 is 0. The lowest BCUT2D eigenvalue weighted by molar-refractivity contribution is 0.0679. The van der Waals surface area contributed by atoms with Crippen LogP contribution < -0.4 is 15.6 Å². The smallest absolute Gasteiger partial charge is 0.260 e. The van der Waals surface area contributed by atoms with Crippen LogP contribution in [0.1, 0.15) is 34.5 Å². The van der Waals surface area contributed by atoms with Crippen molar-refractivity contribution in [2.24, 2.45) is 0 Å². The van der Waals surface area contributed by atoms with E-state index in [0.717, 1.165) is 36.5 Å². The van der Waals surface area contributed by atoms with Crippen molar-refractivity contribution in [2.45, 2.75) is 32.4 Å². The van der Waals surface area contributed by atoms with Crippen molar-refractivity contribution in [3.63, 3.8) is 0 Å². The number of amides is 1. The second-order valence-electron chi connectivity index (χ2n) is 6.16. The molecule has 132 valence electrons. The monoisotopic (exact) mass is 342 g/mol. The van der Waals surface area contributed by atoms with Crippen molar-refractivity contribution in [3.8, 4) is 5.75 Å². The van der Waals surface area contributed by atoms with E-state index in [2.05, 4.69) is 10.3 Å². The van der Waals surface area contributed by atoms with E-state index in [1.54, 1.807) is 13.0 Å². The molecule has 1 atom stereocenters. The molecule has 3 rings (SSSR count). The van der Waals surface area contributed by atoms with Gasteiger partial charge in [0.25, 0.3) is 11.5 Å². The average molecular weight is 342 g/mol. The van der Waals surface area contributed by atoms with Crippen LogP contribution in [-0.4, -0.2) is 30.2 Å². The van der Waals surface area contributed by atoms with Gasteiger partial charge in [-0.25, -0.2) is 0 Å². The molecule has 0 radical (unpaired) electrons. The summed E-state index contributed by atoms with van der Waals surface area (Å²) < 4.78 is 11.2. The largest absolute Gasteiger partial charge is 0.491 e. The van der Waals surface area contributed by atoms with Gasteiger partial charge in [-0.05, 0) is 49.6 Å². The van der Waals surface area contributed by atoms with Gasteiger partial charge in [0.05, 0.1) is 6.10 Å². The standard InChI is InChI=1S/C19H22N2O4/c1-13-4-9-17(19(23)21-13)18(22)20-11-14-5-7-15(8-6-14)25-12-16-3-2-10-24-16/h4-9,16H,2-3,10-12H2,1H3,(H,20,22)(H,21,23)/t16-/m0/s1. The Labute approximate surface area is 146 Å². The predicted molar refractivity (Wildman–Crippen MR) is 93.9 cm³/mol. The van der Waals surface area contributed by atoms with Gasteiger partial charge in [0.2, 0.25) is 0 Å². The van der Waals surface area contributed by atoms with Crippen LogP contribution in [0.2, 0.25) is 0 Å². The average Bonchev–Trinajstić information content (AvgIpc) is 3.12. The van der Waals surface area contributed by atoms with Crippen LogP contribution in [0.5, 0.6) is 5.75 Å². The molecule has 1 aromatic heterocycles. The molecular formula is C19H22N2O4. The van der Waals surface area contributed by atoms with Gasteiger partial charge in [0.1, 0.15) is 17.9 Å². The number of aromatic nitrogens is 1. The number of pyridine rings is 1. The lowest BCUT2D eigenvalue weighted by Crippen LogP contribution is -2.29. The first-order valence-electron chi connectivity index (χ1n) is 8.43. The van der Waals surface area contributed by atoms with Gasteiger partial charge in [-0.15, -0.1) is 0 Å². The third-order valence-corrected chi connectivity index (χ3v) is 4.14. The fourth-order valence-electron chi connectivity index (χ4n) is 2.70. The number of H-pyrrole nitrogens is 1. The van der Waals surface area contributed by atoms with Gasteiger partial charge in [-0.1, -0.05) is 12.1 Å². The number of aromatic amines is 1. The van der Waals surface area contributed by atoms with Crippen molar-refractivity contribution in [1.29, 1.82) is 0 Å². The van der Waals surface area contributed by atoms with Crippen molar-refractivity contribution >= 4 is 5.91 Å². The van der Waals surface area contributed by atoms with Crippen molar-refractivity contribution in [1.82, 2.24) is 10.3 Å². The Kier molecular flexibility index (Phi) is 5.50. The van der Waals surface area contributed by atoms with E-state index in [0.29, 0.717) is 13.2 Å². The molecule has 0 aliphatic carbocycles. The molecule has 1 aliphatic rings. The number of hydrogen-bond donors (Lipinski definition) is 2. The maximum Gasteiger partial charge on any atom is 0.260 e. The first-order valence-corrected chi connectivity index (χ1v) is 8.43. The molecule has 0 bridgehead atoms. The van der Waals surface area contributed by atoms with E-state index in [-0.39, 0.29) is 23.1 Å². The highest BCUT2D eigenvalue weighted by Crippen LogP contribution is 2.16. The fraction of sp³-hybridized carbons (Fsp3) is 0.368. The third kappa shape index (κ3) is 4.70. The Morgan fingerprint density at radius 2 is 2.08 bits per heavy atom. The zero-order valence-electron chi connectivity index (χ0n) is 14.2. The first kappa shape index (κ1) is 17.2. The maximum absolute atomic E-state index is 12.1. The SMILES string of the molecule is Cc1ccc(C(=O)NCc2ccc(OC[C@@H]3CCCO3)cc2)c(=O)[nH]1. The first-order chi connectivity index (χ1) is 12.1. The number of benzene rings is 1. The zero-order valence-corrected chi connectivity index (χ0v) is 14.2. The summed E-state index contributed by atoms with van der Waals surface area (Å²) in [5, 5.41) is 2.75. The third-order valence-electron chi connectivity index (χ3n) is 4.14. The Morgan fingerprint density at radius 1 is 1.28 bits per heavy atom. The van der Waals surface area contributed by atoms with Crippen LogP contribution in [0.25, 0.3) is 0 Å². The highest BCUT2D eigenvalue weighted by atomic mass is 16.5. The summed E-state index contributed by atoms with van der Waals surface area (Å²) in [6, 6.07) is 10.8. The maximum atomic E-state index is 12.1. The van der Waals surface area contributed by atoms with Crippen LogP contribution in [0.15, 0.2) is 41.2 Å². The van der Waals surface area contributed by atoms with Crippen LogP contribution in [-0.2, 0) is 11.3 Å². The summed E-state index contributed by atoms with van der Waals surface area (Å²) in [5.74, 6) is 0.389. The number of carbonyl (C=O) groups excluding carboxylic acids is 1. The number of aryl methyl sites for hydroxylation is 1. The zero-order chi connectivity index (χ0) is 17.6. The molecule has 25 heavy (non-hydrogen) atoms. The van der Waals surface area contributed by atoms with E-state index in [4.69, 9.17) is 9.47 Å². The van der Waals surface area contributed by atoms with Crippen molar-refractivity contribution < 1.29 is 14.3 Å². The molecule has 1 aliphatic heterocycles. The minimum Gasteiger partial charge on any atom is -0.491 e. The number of carbonyl (C=O) groups is 1. The Bertz CT molecular complexity index is 777.